The third kappa shape index (κ3) is 10.5. The molecule has 1 aromatic carbocycles. The van der Waals surface area contributed by atoms with E-state index >= 15 is 0 Å². The molecule has 0 spiro atoms. The number of carbonyl (C=O) groups is 1. The summed E-state index contributed by atoms with van der Waals surface area (Å²) in [6.07, 6.45) is 7.00. The summed E-state index contributed by atoms with van der Waals surface area (Å²) in [5.74, 6) is 0.152. The van der Waals surface area contributed by atoms with Gasteiger partial charge in [-0.15, -0.1) is 0 Å². The van der Waals surface area contributed by atoms with E-state index in [9.17, 15) is 8.53 Å². The van der Waals surface area contributed by atoms with Crippen LogP contribution in [0.5, 0.6) is 5.75 Å². The molecule has 2 rings (SSSR count). The van der Waals surface area contributed by atoms with Gasteiger partial charge in [0.15, 0.2) is 0 Å². The Hall–Kier alpha value is -1.27. The summed E-state index contributed by atoms with van der Waals surface area (Å²) in [7, 11) is 0. The number of carbonyl (C=O) groups excluding carboxylic acids is 1. The molecule has 8 heteroatoms. The van der Waals surface area contributed by atoms with Crippen LogP contribution in [0.25, 0.3) is 0 Å². The molecule has 24 heavy (non-hydrogen) atoms. The molecule has 1 unspecified atom stereocenters. The zero-order valence-corrected chi connectivity index (χ0v) is 16.1. The molecule has 1 aromatic rings. The quantitative estimate of drug-likeness (QED) is 0.450. The molecule has 7 N–H and O–H groups in total. The van der Waals surface area contributed by atoms with E-state index in [0.29, 0.717) is 6.04 Å². The first-order chi connectivity index (χ1) is 11.1. The Morgan fingerprint density at radius 2 is 1.67 bits per heavy atom. The molecular weight excluding hydrogens is 375 g/mol. The fourth-order valence-corrected chi connectivity index (χ4v) is 3.74. The van der Waals surface area contributed by atoms with Crippen molar-refractivity contribution in [3.05, 3.63) is 24.3 Å². The summed E-state index contributed by atoms with van der Waals surface area (Å²) in [4.78, 5) is 9.22. The number of phenols is 1. The number of aromatic hydroxyl groups is 1. The van der Waals surface area contributed by atoms with Gasteiger partial charge in [-0.25, -0.2) is 0 Å². The van der Waals surface area contributed by atoms with Crippen molar-refractivity contribution in [1.29, 1.82) is 0 Å². The number of rotatable bonds is 2. The molecule has 0 saturated heterocycles. The number of hydrogen-bond acceptors (Lipinski definition) is 4. The van der Waals surface area contributed by atoms with Crippen molar-refractivity contribution in [1.82, 2.24) is 0 Å². The van der Waals surface area contributed by atoms with Crippen molar-refractivity contribution in [2.45, 2.75) is 52.0 Å². The van der Waals surface area contributed by atoms with Crippen LogP contribution in [0, 0.1) is 5.92 Å². The number of nitrogens with two attached hydrogens (primary N) is 2. The summed E-state index contributed by atoms with van der Waals surface area (Å²) >= 11 is -4.90. The van der Waals surface area contributed by atoms with Gasteiger partial charge in [-0.3, -0.25) is 4.79 Å². The van der Waals surface area contributed by atoms with E-state index in [1.807, 2.05) is 0 Å². The fraction of sp³-hybridized carbons (Fsp3) is 0.562. The Morgan fingerprint density at radius 3 is 1.96 bits per heavy atom. The van der Waals surface area contributed by atoms with Gasteiger partial charge in [0.2, 0.25) is 5.91 Å². The van der Waals surface area contributed by atoms with E-state index in [0.717, 1.165) is 5.92 Å². The molecule has 7 nitrogen and oxygen atoms in total. The van der Waals surface area contributed by atoms with Crippen molar-refractivity contribution in [3.63, 3.8) is 0 Å². The van der Waals surface area contributed by atoms with Crippen LogP contribution in [-0.4, -0.2) is 39.4 Å². The Balaban J connectivity index is 0.000000367. The third-order valence-electron chi connectivity index (χ3n) is 3.59. The molecule has 1 aliphatic carbocycles. The van der Waals surface area contributed by atoms with Gasteiger partial charge in [0.1, 0.15) is 0 Å². The van der Waals surface area contributed by atoms with Crippen LogP contribution in [0.4, 0.5) is 0 Å². The van der Waals surface area contributed by atoms with Crippen LogP contribution in [0.2, 0.25) is 0 Å². The van der Waals surface area contributed by atoms with Crippen molar-refractivity contribution >= 4 is 24.4 Å². The molecular formula is C16H29AsN2O5. The molecule has 1 atom stereocenters. The monoisotopic (exact) mass is 404 g/mol. The summed E-state index contributed by atoms with van der Waals surface area (Å²) in [6.45, 7) is 3.44. The van der Waals surface area contributed by atoms with Crippen molar-refractivity contribution in [2.75, 3.05) is 0 Å². The summed E-state index contributed by atoms with van der Waals surface area (Å²) < 4.78 is 27.7. The van der Waals surface area contributed by atoms with Crippen molar-refractivity contribution in [3.8, 4) is 5.75 Å². The van der Waals surface area contributed by atoms with Crippen molar-refractivity contribution in [2.24, 2.45) is 17.4 Å². The molecule has 0 radical (unpaired) electrons. The summed E-state index contributed by atoms with van der Waals surface area (Å²) in [5, 5.41) is 8.97. The first-order valence-corrected chi connectivity index (χ1v) is 11.3. The van der Waals surface area contributed by atoms with Crippen molar-refractivity contribution < 1.29 is 21.8 Å². The third-order valence-corrected chi connectivity index (χ3v) is 5.70. The topological polar surface area (TPSA) is 147 Å². The maximum atomic E-state index is 10.6. The SMILES string of the molecule is CC(N)=O.CC(N)C1CCCCC1.O=[As](O)(O)c1ccccc1O. The van der Waals surface area contributed by atoms with E-state index in [1.54, 1.807) is 0 Å². The van der Waals surface area contributed by atoms with Crippen LogP contribution in [0.3, 0.4) is 0 Å². The molecule has 0 aromatic heterocycles. The number of phenolic OH excluding ortho intramolecular Hbond substituents is 1. The van der Waals surface area contributed by atoms with Gasteiger partial charge in [0.25, 0.3) is 0 Å². The molecule has 0 bridgehead atoms. The fourth-order valence-electron chi connectivity index (χ4n) is 2.37. The first kappa shape index (κ1) is 22.7. The number of primary amides is 1. The van der Waals surface area contributed by atoms with Gasteiger partial charge in [-0.2, -0.15) is 0 Å². The van der Waals surface area contributed by atoms with E-state index in [-0.39, 0.29) is 16.0 Å². The molecule has 1 saturated carbocycles. The van der Waals surface area contributed by atoms with Gasteiger partial charge in [0, 0.05) is 13.0 Å². The zero-order valence-electron chi connectivity index (χ0n) is 14.3. The van der Waals surface area contributed by atoms with Crippen LogP contribution in [-0.2, 0) is 8.53 Å². The second-order valence-electron chi connectivity index (χ2n) is 5.90. The van der Waals surface area contributed by atoms with Crippen LogP contribution in [0.1, 0.15) is 46.0 Å². The Labute approximate surface area is 146 Å². The van der Waals surface area contributed by atoms with Crippen LogP contribution < -0.4 is 15.8 Å². The second-order valence-corrected chi connectivity index (χ2v) is 9.19. The van der Waals surface area contributed by atoms with Gasteiger partial charge in [0.05, 0.1) is 0 Å². The summed E-state index contributed by atoms with van der Waals surface area (Å²) in [6, 6.07) is 5.87. The standard InChI is InChI=1S/C8H17N.C6H7AsO4.C2H5NO/c1-7(9)8-5-3-2-4-6-8;8-6-4-2-1-3-5(6)7(9,10)11;1-2(3)4/h7-8H,2-6,9H2,1H3;1-4,8H,(H2,9,10,11);1H3,(H2,3,4). The van der Waals surface area contributed by atoms with E-state index < -0.39 is 14.2 Å². The minimum absolute atomic E-state index is 0.273. The van der Waals surface area contributed by atoms with Gasteiger partial charge in [-0.1, -0.05) is 19.3 Å². The normalized spacial score (nSPS) is 16.0. The average molecular weight is 404 g/mol. The Morgan fingerprint density at radius 1 is 1.21 bits per heavy atom. The Kier molecular flexibility index (Phi) is 10.7. The zero-order chi connectivity index (χ0) is 18.8. The second kappa shape index (κ2) is 11.3. The number of para-hydroxylation sites is 1. The minimum atomic E-state index is -4.90. The summed E-state index contributed by atoms with van der Waals surface area (Å²) in [5.41, 5.74) is 10.2. The number of hydrogen-bond donors (Lipinski definition) is 5. The van der Waals surface area contributed by atoms with E-state index in [2.05, 4.69) is 12.7 Å². The maximum absolute atomic E-state index is 10.6. The average Bonchev–Trinajstić information content (AvgIpc) is 2.47. The van der Waals surface area contributed by atoms with Gasteiger partial charge in [-0.05, 0) is 25.7 Å². The molecule has 0 aliphatic heterocycles. The molecule has 1 aliphatic rings. The number of amides is 1. The molecule has 138 valence electrons. The van der Waals surface area contributed by atoms with Crippen LogP contribution >= 0.6 is 0 Å². The number of benzene rings is 1. The Bertz CT molecular complexity index is 535. The first-order valence-electron chi connectivity index (χ1n) is 7.91. The van der Waals surface area contributed by atoms with Gasteiger partial charge >= 0.3 is 65.6 Å². The van der Waals surface area contributed by atoms with Crippen LogP contribution in [0.15, 0.2) is 24.3 Å². The molecule has 1 fully saturated rings. The molecule has 1 amide bonds. The van der Waals surface area contributed by atoms with Gasteiger partial charge < -0.3 is 11.5 Å². The molecule has 0 heterocycles. The van der Waals surface area contributed by atoms with E-state index in [4.69, 9.17) is 19.0 Å². The van der Waals surface area contributed by atoms with E-state index in [1.165, 1.54) is 63.3 Å². The predicted octanol–water partition coefficient (Wildman–Crippen LogP) is 0.359. The predicted molar refractivity (Wildman–Crippen MR) is 93.7 cm³/mol.